The van der Waals surface area contributed by atoms with Crippen LogP contribution in [-0.2, 0) is 4.79 Å². The van der Waals surface area contributed by atoms with Gasteiger partial charge in [0.05, 0.1) is 22.1 Å². The number of thioether (sulfide) groups is 1. The lowest BCUT2D eigenvalue weighted by Crippen LogP contribution is -2.41. The van der Waals surface area contributed by atoms with Gasteiger partial charge in [0.25, 0.3) is 6.43 Å². The van der Waals surface area contributed by atoms with Gasteiger partial charge in [-0.05, 0) is 57.4 Å². The van der Waals surface area contributed by atoms with Crippen LogP contribution in [0.5, 0.6) is 0 Å². The zero-order chi connectivity index (χ0) is 30.9. The molecule has 2 aromatic heterocycles. The van der Waals surface area contributed by atoms with Crippen LogP contribution in [0, 0.1) is 19.3 Å². The third-order valence-corrected chi connectivity index (χ3v) is 7.97. The fourth-order valence-electron chi connectivity index (χ4n) is 4.03. The standard InChI is InChI=1S/C16H20N4OS2.C8H12N2O.C2H4F2O.C2H6/c1-10-5-6-14(18-7-10)19-9-22-8-13(17-4)15-11(2)20-16(23-15)12(3)21;9-6-3-7-1-2-8(4-6)10(7)5-11;3-2(4)1-5;1-2/h5-8,12,21H,4,9H2,1-3H3,(H,18,19);5,7-9H,1-4H2;2,5H,1H2;1-2H3/b13-8-;;;/t;7-,8+;;. The van der Waals surface area contributed by atoms with Crippen LogP contribution in [0.1, 0.15) is 73.7 Å². The Morgan fingerprint density at radius 1 is 1.32 bits per heavy atom. The minimum Gasteiger partial charge on any atom is -0.390 e. The van der Waals surface area contributed by atoms with E-state index in [9.17, 15) is 18.7 Å². The van der Waals surface area contributed by atoms with Gasteiger partial charge in [-0.3, -0.25) is 9.79 Å². The Balaban J connectivity index is 0.000000383. The van der Waals surface area contributed by atoms with Gasteiger partial charge in [0, 0.05) is 36.8 Å². The minimum absolute atomic E-state index is 0.360. The van der Waals surface area contributed by atoms with Crippen LogP contribution in [-0.4, -0.2) is 74.9 Å². The molecule has 2 bridgehead atoms. The van der Waals surface area contributed by atoms with Crippen molar-refractivity contribution in [2.75, 3.05) is 17.8 Å². The van der Waals surface area contributed by atoms with Gasteiger partial charge >= 0.3 is 0 Å². The molecule has 1 unspecified atom stereocenters. The number of aromatic nitrogens is 2. The maximum Gasteiger partial charge on any atom is 0.261 e. The summed E-state index contributed by atoms with van der Waals surface area (Å²) in [6.45, 7) is 12.2. The van der Waals surface area contributed by atoms with Crippen LogP contribution in [0.2, 0.25) is 0 Å². The topological polar surface area (TPSA) is 135 Å². The highest BCUT2D eigenvalue weighted by atomic mass is 32.2. The van der Waals surface area contributed by atoms with Crippen molar-refractivity contribution < 1.29 is 23.8 Å². The number of carbonyl (C=O) groups is 1. The van der Waals surface area contributed by atoms with E-state index in [1.165, 1.54) is 11.3 Å². The van der Waals surface area contributed by atoms with Crippen LogP contribution in [0.4, 0.5) is 14.6 Å². The summed E-state index contributed by atoms with van der Waals surface area (Å²) in [5, 5.41) is 30.4. The summed E-state index contributed by atoms with van der Waals surface area (Å²) < 4.78 is 21.0. The lowest BCUT2D eigenvalue weighted by molar-refractivity contribution is -0.120. The van der Waals surface area contributed by atoms with Gasteiger partial charge in [0.2, 0.25) is 6.41 Å². The number of amides is 1. The smallest absolute Gasteiger partial charge is 0.261 e. The van der Waals surface area contributed by atoms with Crippen LogP contribution < -0.4 is 5.32 Å². The molecular formula is C28H42F2N6O3S2. The second kappa shape index (κ2) is 19.4. The molecule has 13 heteroatoms. The number of carbonyl (C=O) groups excluding carboxylic acids is 1. The number of fused-ring (bicyclic) bond motifs is 2. The summed E-state index contributed by atoms with van der Waals surface area (Å²) >= 11 is 3.02. The van der Waals surface area contributed by atoms with Crippen LogP contribution in [0.25, 0.3) is 5.70 Å². The van der Waals surface area contributed by atoms with Crippen LogP contribution >= 0.6 is 23.1 Å². The van der Waals surface area contributed by atoms with Crippen molar-refractivity contribution in [3.05, 3.63) is 44.9 Å². The number of halogens is 2. The zero-order valence-corrected chi connectivity index (χ0v) is 25.9. The number of aliphatic hydroxyl groups is 2. The van der Waals surface area contributed by atoms with Crippen molar-refractivity contribution in [2.45, 2.75) is 84.9 Å². The Morgan fingerprint density at radius 3 is 2.37 bits per heavy atom. The van der Waals surface area contributed by atoms with Crippen LogP contribution in [0.3, 0.4) is 0 Å². The largest absolute Gasteiger partial charge is 0.390 e. The Kier molecular flexibility index (Phi) is 17.2. The van der Waals surface area contributed by atoms with Crippen molar-refractivity contribution in [1.29, 1.82) is 5.41 Å². The van der Waals surface area contributed by atoms with E-state index >= 15 is 0 Å². The first kappa shape index (κ1) is 36.3. The number of nitrogens with zero attached hydrogens (tertiary/aromatic N) is 4. The van der Waals surface area contributed by atoms with E-state index in [0.717, 1.165) is 65.5 Å². The molecule has 2 aliphatic heterocycles. The van der Waals surface area contributed by atoms with Crippen molar-refractivity contribution in [3.8, 4) is 0 Å². The first-order valence-corrected chi connectivity index (χ1v) is 15.2. The number of piperidine rings is 1. The SMILES string of the molecule is C=N/C(=C\SCNc1ccc(C)cn1)c1sc(C(C)O)nc1C.CC.N=C1C[C@H]2CC[C@@H](C1)N2C=O.OCC(F)F. The van der Waals surface area contributed by atoms with E-state index < -0.39 is 19.1 Å². The number of alkyl halides is 2. The second-order valence-corrected chi connectivity index (χ2v) is 10.9. The van der Waals surface area contributed by atoms with E-state index in [-0.39, 0.29) is 0 Å². The molecule has 0 aliphatic carbocycles. The molecule has 3 atom stereocenters. The lowest BCUT2D eigenvalue weighted by Gasteiger charge is -2.31. The average Bonchev–Trinajstić information content (AvgIpc) is 3.47. The molecule has 9 nitrogen and oxygen atoms in total. The van der Waals surface area contributed by atoms with E-state index in [1.807, 2.05) is 56.3 Å². The normalized spacial score (nSPS) is 18.2. The highest BCUT2D eigenvalue weighted by Crippen LogP contribution is 2.33. The third-order valence-electron chi connectivity index (χ3n) is 5.92. The fraction of sp³-hybridized carbons (Fsp3) is 0.536. The molecule has 0 aromatic carbocycles. The summed E-state index contributed by atoms with van der Waals surface area (Å²) in [5.41, 5.74) is 3.60. The van der Waals surface area contributed by atoms with Gasteiger partial charge in [-0.25, -0.2) is 18.7 Å². The number of pyridine rings is 1. The van der Waals surface area contributed by atoms with E-state index in [1.54, 1.807) is 18.7 Å². The first-order chi connectivity index (χ1) is 19.6. The number of nitrogens with one attached hydrogen (secondary N) is 2. The number of thiazole rings is 1. The molecular weight excluding hydrogens is 570 g/mol. The molecule has 4 heterocycles. The molecule has 0 radical (unpaired) electrons. The predicted octanol–water partition coefficient (Wildman–Crippen LogP) is 6.07. The Hall–Kier alpha value is -2.74. The number of aliphatic imine (C=N–C) groups is 1. The number of aryl methyl sites for hydroxylation is 2. The average molecular weight is 613 g/mol. The highest BCUT2D eigenvalue weighted by molar-refractivity contribution is 8.02. The number of hydrogen-bond acceptors (Lipinski definition) is 10. The lowest BCUT2D eigenvalue weighted by atomic mass is 10.0. The Bertz CT molecular complexity index is 1100. The predicted molar refractivity (Wildman–Crippen MR) is 166 cm³/mol. The molecule has 4 rings (SSSR count). The van der Waals surface area contributed by atoms with Crippen molar-refractivity contribution >= 4 is 53.5 Å². The van der Waals surface area contributed by atoms with Gasteiger partial charge in [-0.2, -0.15) is 0 Å². The third kappa shape index (κ3) is 12.3. The summed E-state index contributed by atoms with van der Waals surface area (Å²) in [6.07, 6.45) is 3.49. The molecule has 2 saturated heterocycles. The molecule has 2 fully saturated rings. The van der Waals surface area contributed by atoms with Gasteiger partial charge in [0.1, 0.15) is 23.5 Å². The maximum atomic E-state index is 10.6. The number of aliphatic hydroxyl groups excluding tert-OH is 2. The maximum absolute atomic E-state index is 10.6. The molecule has 1 amide bonds. The van der Waals surface area contributed by atoms with Gasteiger partial charge in [-0.15, -0.1) is 23.1 Å². The summed E-state index contributed by atoms with van der Waals surface area (Å²) in [7, 11) is 0. The summed E-state index contributed by atoms with van der Waals surface area (Å²) in [6, 6.07) is 4.69. The number of hydrogen-bond donors (Lipinski definition) is 4. The van der Waals surface area contributed by atoms with Gasteiger partial charge < -0.3 is 25.8 Å². The molecule has 2 aromatic rings. The first-order valence-electron chi connectivity index (χ1n) is 13.4. The van der Waals surface area contributed by atoms with Crippen molar-refractivity contribution in [1.82, 2.24) is 14.9 Å². The fourth-order valence-corrected chi connectivity index (χ4v) is 5.75. The summed E-state index contributed by atoms with van der Waals surface area (Å²) in [4.78, 5) is 26.2. The molecule has 228 valence electrons. The van der Waals surface area contributed by atoms with Crippen molar-refractivity contribution in [2.24, 2.45) is 4.99 Å². The monoisotopic (exact) mass is 612 g/mol. The van der Waals surface area contributed by atoms with Crippen molar-refractivity contribution in [3.63, 3.8) is 0 Å². The Labute approximate surface area is 249 Å². The highest BCUT2D eigenvalue weighted by Gasteiger charge is 2.37. The minimum atomic E-state index is -2.56. The summed E-state index contributed by atoms with van der Waals surface area (Å²) in [5.74, 6) is 1.52. The number of rotatable bonds is 9. The zero-order valence-electron chi connectivity index (χ0n) is 24.3. The van der Waals surface area contributed by atoms with Crippen LogP contribution in [0.15, 0.2) is 28.7 Å². The molecule has 4 N–H and O–H groups in total. The second-order valence-electron chi connectivity index (χ2n) is 9.04. The van der Waals surface area contributed by atoms with Gasteiger partial charge in [-0.1, -0.05) is 19.9 Å². The van der Waals surface area contributed by atoms with E-state index in [2.05, 4.69) is 27.0 Å². The van der Waals surface area contributed by atoms with Gasteiger partial charge in [0.15, 0.2) is 0 Å². The quantitative estimate of drug-likeness (QED) is 0.117. The van der Waals surface area contributed by atoms with E-state index in [4.69, 9.17) is 10.5 Å². The molecule has 41 heavy (non-hydrogen) atoms. The Morgan fingerprint density at radius 2 is 1.93 bits per heavy atom. The molecule has 0 saturated carbocycles. The number of anilines is 1. The van der Waals surface area contributed by atoms with E-state index in [0.29, 0.717) is 23.0 Å². The molecule has 0 spiro atoms. The molecule has 2 aliphatic rings.